The third kappa shape index (κ3) is 4.66. The highest BCUT2D eigenvalue weighted by Crippen LogP contribution is 2.17. The standard InChI is InChI=1S/C15H17N3O2.ClH/c1-19-13-9-7-12(8-10-13)18(17)15(16)11-20-14-5-3-2-4-6-14;/h2-10,16H,11,17H2,1H3;1H. The number of benzene rings is 2. The molecule has 2 aromatic carbocycles. The molecule has 0 fully saturated rings. The number of nitrogens with one attached hydrogen (secondary N) is 1. The number of para-hydroxylation sites is 1. The Morgan fingerprint density at radius 3 is 2.24 bits per heavy atom. The second-order valence-electron chi connectivity index (χ2n) is 4.12. The van der Waals surface area contributed by atoms with Crippen molar-refractivity contribution in [1.82, 2.24) is 0 Å². The third-order valence-corrected chi connectivity index (χ3v) is 2.76. The van der Waals surface area contributed by atoms with Crippen LogP contribution in [0.1, 0.15) is 0 Å². The first-order valence-corrected chi connectivity index (χ1v) is 6.15. The average molecular weight is 308 g/mol. The molecule has 0 aromatic heterocycles. The number of hydrazine groups is 1. The topological polar surface area (TPSA) is 71.6 Å². The van der Waals surface area contributed by atoms with E-state index >= 15 is 0 Å². The quantitative estimate of drug-likeness (QED) is 0.386. The molecule has 5 nitrogen and oxygen atoms in total. The number of hydrogen-bond acceptors (Lipinski definition) is 4. The van der Waals surface area contributed by atoms with Crippen LogP contribution < -0.4 is 20.3 Å². The maximum atomic E-state index is 7.92. The van der Waals surface area contributed by atoms with Gasteiger partial charge in [-0.1, -0.05) is 18.2 Å². The Labute approximate surface area is 130 Å². The van der Waals surface area contributed by atoms with E-state index in [1.54, 1.807) is 31.4 Å². The van der Waals surface area contributed by atoms with E-state index in [1.807, 2.05) is 30.3 Å². The molecule has 0 bridgehead atoms. The van der Waals surface area contributed by atoms with Gasteiger partial charge in [0.05, 0.1) is 12.8 Å². The third-order valence-electron chi connectivity index (χ3n) is 2.76. The number of nitrogens with zero attached hydrogens (tertiary/aromatic N) is 1. The molecule has 0 radical (unpaired) electrons. The molecule has 3 N–H and O–H groups in total. The van der Waals surface area contributed by atoms with Gasteiger partial charge < -0.3 is 9.47 Å². The molecule has 0 atom stereocenters. The van der Waals surface area contributed by atoms with Crippen molar-refractivity contribution in [3.63, 3.8) is 0 Å². The predicted octanol–water partition coefficient (Wildman–Crippen LogP) is 2.85. The predicted molar refractivity (Wildman–Crippen MR) is 86.6 cm³/mol. The first-order chi connectivity index (χ1) is 9.70. The molecular formula is C15H18ClN3O2. The van der Waals surface area contributed by atoms with Gasteiger partial charge in [0.25, 0.3) is 0 Å². The van der Waals surface area contributed by atoms with Crippen molar-refractivity contribution in [3.8, 4) is 11.5 Å². The Morgan fingerprint density at radius 1 is 1.05 bits per heavy atom. The summed E-state index contributed by atoms with van der Waals surface area (Å²) in [5, 5.41) is 9.20. The van der Waals surface area contributed by atoms with Crippen LogP contribution in [0.2, 0.25) is 0 Å². The van der Waals surface area contributed by atoms with Crippen molar-refractivity contribution in [2.75, 3.05) is 18.7 Å². The van der Waals surface area contributed by atoms with Gasteiger partial charge in [-0.15, -0.1) is 12.4 Å². The number of rotatable bonds is 5. The number of methoxy groups -OCH3 is 1. The Balaban J connectivity index is 0.00000220. The molecular weight excluding hydrogens is 290 g/mol. The summed E-state index contributed by atoms with van der Waals surface area (Å²) < 4.78 is 10.6. The average Bonchev–Trinajstić information content (AvgIpc) is 2.53. The summed E-state index contributed by atoms with van der Waals surface area (Å²) in [5.74, 6) is 7.50. The van der Waals surface area contributed by atoms with Crippen molar-refractivity contribution in [2.24, 2.45) is 5.84 Å². The van der Waals surface area contributed by atoms with Gasteiger partial charge >= 0.3 is 0 Å². The van der Waals surface area contributed by atoms with E-state index in [2.05, 4.69) is 0 Å². The molecule has 2 rings (SSSR count). The van der Waals surface area contributed by atoms with Crippen LogP contribution in [0.25, 0.3) is 0 Å². The molecule has 6 heteroatoms. The molecule has 0 unspecified atom stereocenters. The summed E-state index contributed by atoms with van der Waals surface area (Å²) in [6, 6.07) is 16.5. The molecule has 0 aliphatic carbocycles. The highest BCUT2D eigenvalue weighted by Gasteiger charge is 2.09. The Kier molecular flexibility index (Phi) is 6.52. The lowest BCUT2D eigenvalue weighted by atomic mass is 10.3. The van der Waals surface area contributed by atoms with Crippen LogP contribution in [0, 0.1) is 5.41 Å². The highest BCUT2D eigenvalue weighted by atomic mass is 35.5. The lowest BCUT2D eigenvalue weighted by Gasteiger charge is -2.19. The summed E-state index contributed by atoms with van der Waals surface area (Å²) in [4.78, 5) is 0. The number of ether oxygens (including phenoxy) is 2. The minimum absolute atomic E-state index is 0. The fraction of sp³-hybridized carbons (Fsp3) is 0.133. The van der Waals surface area contributed by atoms with E-state index in [9.17, 15) is 0 Å². The molecule has 2 aromatic rings. The summed E-state index contributed by atoms with van der Waals surface area (Å²) in [5.41, 5.74) is 0.701. The smallest absolute Gasteiger partial charge is 0.154 e. The van der Waals surface area contributed by atoms with Gasteiger partial charge in [0.1, 0.15) is 18.1 Å². The molecule has 0 saturated heterocycles. The maximum Gasteiger partial charge on any atom is 0.154 e. The van der Waals surface area contributed by atoms with Crippen LogP contribution in [-0.2, 0) is 0 Å². The summed E-state index contributed by atoms with van der Waals surface area (Å²) in [6.45, 7) is 0.104. The number of halogens is 1. The zero-order chi connectivity index (χ0) is 14.4. The lowest BCUT2D eigenvalue weighted by Crippen LogP contribution is -2.40. The van der Waals surface area contributed by atoms with E-state index < -0.39 is 0 Å². The van der Waals surface area contributed by atoms with E-state index in [-0.39, 0.29) is 24.8 Å². The van der Waals surface area contributed by atoms with Gasteiger partial charge in [-0.3, -0.25) is 10.4 Å². The zero-order valence-electron chi connectivity index (χ0n) is 11.7. The largest absolute Gasteiger partial charge is 0.497 e. The number of nitrogens with two attached hydrogens (primary N) is 1. The Morgan fingerprint density at radius 2 is 1.67 bits per heavy atom. The number of anilines is 1. The van der Waals surface area contributed by atoms with Crippen LogP contribution in [0.4, 0.5) is 5.69 Å². The van der Waals surface area contributed by atoms with Crippen LogP contribution in [0.5, 0.6) is 11.5 Å². The fourth-order valence-electron chi connectivity index (χ4n) is 1.64. The van der Waals surface area contributed by atoms with Crippen LogP contribution in [-0.4, -0.2) is 19.6 Å². The van der Waals surface area contributed by atoms with Crippen molar-refractivity contribution in [2.45, 2.75) is 0 Å². The Bertz CT molecular complexity index is 561. The minimum atomic E-state index is 0. The number of hydrogen-bond donors (Lipinski definition) is 2. The highest BCUT2D eigenvalue weighted by molar-refractivity contribution is 5.95. The van der Waals surface area contributed by atoms with Crippen LogP contribution in [0.3, 0.4) is 0 Å². The van der Waals surface area contributed by atoms with Crippen LogP contribution in [0.15, 0.2) is 54.6 Å². The SMILES string of the molecule is COc1ccc(N(N)C(=N)COc2ccccc2)cc1.Cl. The molecule has 0 spiro atoms. The van der Waals surface area contributed by atoms with Gasteiger partial charge in [-0.05, 0) is 36.4 Å². The molecule has 0 amide bonds. The Hall–Kier alpha value is -2.24. The summed E-state index contributed by atoms with van der Waals surface area (Å²) in [7, 11) is 1.60. The first kappa shape index (κ1) is 16.8. The second-order valence-corrected chi connectivity index (χ2v) is 4.12. The second kappa shape index (κ2) is 8.14. The van der Waals surface area contributed by atoms with Gasteiger partial charge in [-0.2, -0.15) is 0 Å². The van der Waals surface area contributed by atoms with Gasteiger partial charge in [0, 0.05) is 0 Å². The molecule has 0 aliphatic heterocycles. The fourth-order valence-corrected chi connectivity index (χ4v) is 1.64. The molecule has 21 heavy (non-hydrogen) atoms. The van der Waals surface area contributed by atoms with Crippen molar-refractivity contribution >= 4 is 23.9 Å². The van der Waals surface area contributed by atoms with Gasteiger partial charge in [0.15, 0.2) is 5.84 Å². The van der Waals surface area contributed by atoms with E-state index in [0.29, 0.717) is 11.4 Å². The van der Waals surface area contributed by atoms with E-state index in [0.717, 1.165) is 5.75 Å². The number of amidine groups is 1. The van der Waals surface area contributed by atoms with Crippen molar-refractivity contribution in [3.05, 3.63) is 54.6 Å². The lowest BCUT2D eigenvalue weighted by molar-refractivity contribution is 0.373. The van der Waals surface area contributed by atoms with Crippen molar-refractivity contribution < 1.29 is 9.47 Å². The first-order valence-electron chi connectivity index (χ1n) is 6.15. The molecule has 0 heterocycles. The monoisotopic (exact) mass is 307 g/mol. The zero-order valence-corrected chi connectivity index (χ0v) is 12.5. The minimum Gasteiger partial charge on any atom is -0.497 e. The van der Waals surface area contributed by atoms with E-state index in [1.165, 1.54) is 5.01 Å². The maximum absolute atomic E-state index is 7.92. The molecule has 112 valence electrons. The van der Waals surface area contributed by atoms with Gasteiger partial charge in [-0.25, -0.2) is 5.84 Å². The normalized spacial score (nSPS) is 9.43. The van der Waals surface area contributed by atoms with Crippen molar-refractivity contribution in [1.29, 1.82) is 5.41 Å². The van der Waals surface area contributed by atoms with E-state index in [4.69, 9.17) is 20.7 Å². The summed E-state index contributed by atoms with van der Waals surface area (Å²) >= 11 is 0. The van der Waals surface area contributed by atoms with Gasteiger partial charge in [0.2, 0.25) is 0 Å². The summed E-state index contributed by atoms with van der Waals surface area (Å²) in [6.07, 6.45) is 0. The van der Waals surface area contributed by atoms with Crippen LogP contribution >= 0.6 is 12.4 Å². The molecule has 0 saturated carbocycles. The molecule has 0 aliphatic rings.